The quantitative estimate of drug-likeness (QED) is 0.617. The maximum absolute atomic E-state index is 13.1. The Balaban J connectivity index is 1.32. The number of nitrogens with zero attached hydrogens (tertiary/aromatic N) is 2. The van der Waals surface area contributed by atoms with E-state index in [1.165, 1.54) is 40.9 Å². The first-order valence-electron chi connectivity index (χ1n) is 10.9. The first-order valence-corrected chi connectivity index (χ1v) is 14.2. The van der Waals surface area contributed by atoms with Crippen LogP contribution in [0.15, 0.2) is 56.9 Å². The summed E-state index contributed by atoms with van der Waals surface area (Å²) in [5, 5.41) is 2.55. The third-order valence-electron chi connectivity index (χ3n) is 6.61. The van der Waals surface area contributed by atoms with Crippen LogP contribution in [0.3, 0.4) is 0 Å². The highest BCUT2D eigenvalue weighted by atomic mass is 32.2. The molecule has 1 N–H and O–H groups in total. The second-order valence-corrected chi connectivity index (χ2v) is 12.8. The van der Waals surface area contributed by atoms with Gasteiger partial charge >= 0.3 is 0 Å². The van der Waals surface area contributed by atoms with E-state index in [-0.39, 0.29) is 33.4 Å². The van der Waals surface area contributed by atoms with Crippen molar-refractivity contribution in [3.63, 3.8) is 0 Å². The molecule has 2 fully saturated rings. The van der Waals surface area contributed by atoms with Gasteiger partial charge in [0.15, 0.2) is 15.6 Å². The van der Waals surface area contributed by atoms with Gasteiger partial charge in [-0.2, -0.15) is 4.31 Å². The van der Waals surface area contributed by atoms with E-state index in [4.69, 9.17) is 4.42 Å². The van der Waals surface area contributed by atoms with Gasteiger partial charge in [-0.1, -0.05) is 0 Å². The fourth-order valence-corrected chi connectivity index (χ4v) is 6.69. The minimum absolute atomic E-state index is 0.0665. The lowest BCUT2D eigenvalue weighted by Crippen LogP contribution is -2.47. The standard InChI is InChI=1S/C22H27N3O7S2/c1-33(28,29)17-4-6-18(7-5-17)34(30,31)25-13-10-22(16-25)8-11-24(12-9-22)20(26)15-23-21(27)19-3-2-14-32-19/h2-7,14H,8-13,15-16H2,1H3,(H,23,27). The van der Waals surface area contributed by atoms with E-state index in [1.807, 2.05) is 0 Å². The summed E-state index contributed by atoms with van der Waals surface area (Å²) in [6.07, 6.45) is 4.50. The number of likely N-dealkylation sites (tertiary alicyclic amines) is 1. The molecule has 2 aromatic rings. The molecule has 4 rings (SSSR count). The van der Waals surface area contributed by atoms with Crippen LogP contribution >= 0.6 is 0 Å². The van der Waals surface area contributed by atoms with Crippen LogP contribution < -0.4 is 5.32 Å². The number of sulfone groups is 1. The first kappa shape index (κ1) is 24.4. The second-order valence-electron chi connectivity index (χ2n) is 8.87. The third kappa shape index (κ3) is 5.03. The van der Waals surface area contributed by atoms with Crippen LogP contribution in [-0.2, 0) is 24.7 Å². The molecular weight excluding hydrogens is 482 g/mol. The molecule has 34 heavy (non-hydrogen) atoms. The van der Waals surface area contributed by atoms with Crippen molar-refractivity contribution < 1.29 is 30.8 Å². The molecule has 0 atom stereocenters. The summed E-state index contributed by atoms with van der Waals surface area (Å²) in [4.78, 5) is 26.3. The summed E-state index contributed by atoms with van der Waals surface area (Å²) in [7, 11) is -7.15. The van der Waals surface area contributed by atoms with E-state index in [0.29, 0.717) is 45.4 Å². The van der Waals surface area contributed by atoms with E-state index < -0.39 is 25.8 Å². The number of nitrogens with one attached hydrogen (secondary N) is 1. The minimum Gasteiger partial charge on any atom is -0.459 e. The molecule has 12 heteroatoms. The first-order chi connectivity index (χ1) is 16.0. The average Bonchev–Trinajstić information content (AvgIpc) is 3.49. The zero-order chi connectivity index (χ0) is 24.6. The summed E-state index contributed by atoms with van der Waals surface area (Å²) < 4.78 is 56.0. The van der Waals surface area contributed by atoms with Gasteiger partial charge in [0.05, 0.1) is 22.6 Å². The Kier molecular flexibility index (Phi) is 6.58. The molecule has 10 nitrogen and oxygen atoms in total. The number of furan rings is 1. The van der Waals surface area contributed by atoms with Gasteiger partial charge in [0.1, 0.15) is 0 Å². The summed E-state index contributed by atoms with van der Waals surface area (Å²) in [6.45, 7) is 1.60. The predicted molar refractivity (Wildman–Crippen MR) is 122 cm³/mol. The Labute approximate surface area is 198 Å². The highest BCUT2D eigenvalue weighted by Gasteiger charge is 2.45. The molecule has 2 aliphatic heterocycles. The Morgan fingerprint density at radius 2 is 1.59 bits per heavy atom. The van der Waals surface area contributed by atoms with Gasteiger partial charge in [-0.05, 0) is 61.1 Å². The molecule has 3 heterocycles. The fourth-order valence-electron chi connectivity index (χ4n) is 4.51. The van der Waals surface area contributed by atoms with Crippen molar-refractivity contribution in [2.75, 3.05) is 39.0 Å². The number of amides is 2. The zero-order valence-corrected chi connectivity index (χ0v) is 20.4. The van der Waals surface area contributed by atoms with E-state index >= 15 is 0 Å². The van der Waals surface area contributed by atoms with Gasteiger partial charge in [-0.25, -0.2) is 16.8 Å². The van der Waals surface area contributed by atoms with Gasteiger partial charge in [0.25, 0.3) is 5.91 Å². The van der Waals surface area contributed by atoms with Crippen LogP contribution in [-0.4, -0.2) is 76.8 Å². The zero-order valence-electron chi connectivity index (χ0n) is 18.8. The van der Waals surface area contributed by atoms with Crippen molar-refractivity contribution >= 4 is 31.7 Å². The molecule has 0 bridgehead atoms. The average molecular weight is 510 g/mol. The molecule has 0 radical (unpaired) electrons. The molecule has 184 valence electrons. The molecule has 1 aromatic heterocycles. The van der Waals surface area contributed by atoms with Crippen LogP contribution in [0.25, 0.3) is 0 Å². The lowest BCUT2D eigenvalue weighted by atomic mass is 9.78. The normalized spacial score (nSPS) is 18.8. The lowest BCUT2D eigenvalue weighted by Gasteiger charge is -2.39. The van der Waals surface area contributed by atoms with E-state index in [1.54, 1.807) is 11.0 Å². The third-order valence-corrected chi connectivity index (χ3v) is 9.60. The Morgan fingerprint density at radius 3 is 2.18 bits per heavy atom. The van der Waals surface area contributed by atoms with Crippen LogP contribution in [0.2, 0.25) is 0 Å². The molecule has 2 saturated heterocycles. The molecule has 1 aromatic carbocycles. The number of benzene rings is 1. The summed E-state index contributed by atoms with van der Waals surface area (Å²) in [5.41, 5.74) is -0.200. The lowest BCUT2D eigenvalue weighted by molar-refractivity contribution is -0.132. The van der Waals surface area contributed by atoms with Crippen molar-refractivity contribution in [1.82, 2.24) is 14.5 Å². The molecule has 2 amide bonds. The Bertz CT molecular complexity index is 1260. The Hall–Kier alpha value is -2.70. The summed E-state index contributed by atoms with van der Waals surface area (Å²) in [6, 6.07) is 8.39. The number of sulfonamides is 1. The monoisotopic (exact) mass is 509 g/mol. The van der Waals surface area contributed by atoms with Gasteiger partial charge in [-0.15, -0.1) is 0 Å². The van der Waals surface area contributed by atoms with Crippen LogP contribution in [0.4, 0.5) is 0 Å². The van der Waals surface area contributed by atoms with E-state index in [9.17, 15) is 26.4 Å². The van der Waals surface area contributed by atoms with Crippen molar-refractivity contribution in [2.24, 2.45) is 5.41 Å². The number of rotatable bonds is 6. The highest BCUT2D eigenvalue weighted by molar-refractivity contribution is 7.90. The predicted octanol–water partition coefficient (Wildman–Crippen LogP) is 1.12. The minimum atomic E-state index is -3.74. The van der Waals surface area contributed by atoms with Crippen LogP contribution in [0.1, 0.15) is 29.8 Å². The van der Waals surface area contributed by atoms with Gasteiger partial charge < -0.3 is 14.6 Å². The molecule has 2 aliphatic rings. The molecule has 0 aliphatic carbocycles. The summed E-state index contributed by atoms with van der Waals surface area (Å²) >= 11 is 0. The topological polar surface area (TPSA) is 134 Å². The van der Waals surface area contributed by atoms with Gasteiger partial charge in [0, 0.05) is 32.4 Å². The molecule has 0 unspecified atom stereocenters. The Morgan fingerprint density at radius 1 is 0.971 bits per heavy atom. The maximum atomic E-state index is 13.1. The van der Waals surface area contributed by atoms with Crippen molar-refractivity contribution in [3.8, 4) is 0 Å². The number of piperidine rings is 1. The number of carbonyl (C=O) groups excluding carboxylic acids is 2. The fraction of sp³-hybridized carbons (Fsp3) is 0.455. The maximum Gasteiger partial charge on any atom is 0.287 e. The van der Waals surface area contributed by atoms with E-state index in [0.717, 1.165) is 6.26 Å². The van der Waals surface area contributed by atoms with Gasteiger partial charge in [0.2, 0.25) is 15.9 Å². The smallest absolute Gasteiger partial charge is 0.287 e. The van der Waals surface area contributed by atoms with Crippen LogP contribution in [0.5, 0.6) is 0 Å². The van der Waals surface area contributed by atoms with Gasteiger partial charge in [-0.3, -0.25) is 9.59 Å². The van der Waals surface area contributed by atoms with Crippen molar-refractivity contribution in [2.45, 2.75) is 29.1 Å². The molecule has 0 saturated carbocycles. The highest BCUT2D eigenvalue weighted by Crippen LogP contribution is 2.42. The number of hydrogen-bond acceptors (Lipinski definition) is 7. The largest absolute Gasteiger partial charge is 0.459 e. The van der Waals surface area contributed by atoms with Crippen LogP contribution in [0, 0.1) is 5.41 Å². The molecular formula is C22H27N3O7S2. The van der Waals surface area contributed by atoms with E-state index in [2.05, 4.69) is 5.32 Å². The van der Waals surface area contributed by atoms with Crippen molar-refractivity contribution in [3.05, 3.63) is 48.4 Å². The second kappa shape index (κ2) is 9.16. The van der Waals surface area contributed by atoms with Crippen molar-refractivity contribution in [1.29, 1.82) is 0 Å². The SMILES string of the molecule is CS(=O)(=O)c1ccc(S(=O)(=O)N2CCC3(CCN(C(=O)CNC(=O)c4ccco4)CC3)C2)cc1. The summed E-state index contributed by atoms with van der Waals surface area (Å²) in [5.74, 6) is -0.500. The number of carbonyl (C=O) groups is 2. The molecule has 1 spiro atoms. The number of hydrogen-bond donors (Lipinski definition) is 1.